The number of rotatable bonds is 2. The molecule has 0 fully saturated rings. The van der Waals surface area contributed by atoms with Crippen LogP contribution in [0.25, 0.3) is 0 Å². The Bertz CT molecular complexity index is 788. The fourth-order valence-corrected chi connectivity index (χ4v) is 1.84. The van der Waals surface area contributed by atoms with Crippen LogP contribution in [0.3, 0.4) is 0 Å². The van der Waals surface area contributed by atoms with Crippen LogP contribution in [0.5, 0.6) is 5.75 Å². The highest BCUT2D eigenvalue weighted by atomic mass is 19.4. The van der Waals surface area contributed by atoms with E-state index in [1.807, 2.05) is 0 Å². The minimum atomic E-state index is -5.68. The summed E-state index contributed by atoms with van der Waals surface area (Å²) in [6, 6.07) is 4.62. The third-order valence-electron chi connectivity index (χ3n) is 2.93. The van der Waals surface area contributed by atoms with Crippen molar-refractivity contribution in [1.29, 1.82) is 0 Å². The standard InChI is InChI=1S/C14H6F7NO2/c15-8-7(14(19,20)21)9(16)11(18)12(10(8)17)22-13(24)5-3-1-2-4-6(5)23/h1-4,23H,(H,22,24). The first-order chi connectivity index (χ1) is 11.1. The number of para-hydroxylation sites is 1. The van der Waals surface area contributed by atoms with Crippen LogP contribution in [0.1, 0.15) is 15.9 Å². The Labute approximate surface area is 129 Å². The molecule has 0 aromatic heterocycles. The van der Waals surface area contributed by atoms with Gasteiger partial charge in [-0.3, -0.25) is 4.79 Å². The van der Waals surface area contributed by atoms with Crippen molar-refractivity contribution in [3.8, 4) is 5.75 Å². The summed E-state index contributed by atoms with van der Waals surface area (Å²) in [4.78, 5) is 11.8. The molecule has 2 aromatic carbocycles. The van der Waals surface area contributed by atoms with Gasteiger partial charge in [0.15, 0.2) is 23.3 Å². The monoisotopic (exact) mass is 353 g/mol. The highest BCUT2D eigenvalue weighted by Crippen LogP contribution is 2.38. The Kier molecular flexibility index (Phi) is 4.41. The predicted molar refractivity (Wildman–Crippen MR) is 67.3 cm³/mol. The zero-order valence-electron chi connectivity index (χ0n) is 11.3. The van der Waals surface area contributed by atoms with Gasteiger partial charge in [0.1, 0.15) is 17.0 Å². The van der Waals surface area contributed by atoms with Crippen LogP contribution in [0.2, 0.25) is 0 Å². The maximum atomic E-state index is 13.7. The van der Waals surface area contributed by atoms with Gasteiger partial charge in [-0.05, 0) is 12.1 Å². The van der Waals surface area contributed by atoms with Crippen molar-refractivity contribution < 1.29 is 40.6 Å². The summed E-state index contributed by atoms with van der Waals surface area (Å²) >= 11 is 0. The van der Waals surface area contributed by atoms with Gasteiger partial charge in [0.25, 0.3) is 5.91 Å². The van der Waals surface area contributed by atoms with Crippen LogP contribution < -0.4 is 5.32 Å². The zero-order chi connectivity index (χ0) is 18.2. The van der Waals surface area contributed by atoms with E-state index < -0.39 is 57.9 Å². The number of anilines is 1. The Hall–Kier alpha value is -2.78. The molecule has 3 nitrogen and oxygen atoms in total. The van der Waals surface area contributed by atoms with Gasteiger partial charge in [-0.1, -0.05) is 12.1 Å². The second-order valence-corrected chi connectivity index (χ2v) is 4.47. The SMILES string of the molecule is O=C(Nc1c(F)c(F)c(C(F)(F)F)c(F)c1F)c1ccccc1O. The molecule has 0 heterocycles. The van der Waals surface area contributed by atoms with Crippen molar-refractivity contribution in [3.05, 3.63) is 58.7 Å². The Morgan fingerprint density at radius 3 is 1.88 bits per heavy atom. The van der Waals surface area contributed by atoms with E-state index in [4.69, 9.17) is 0 Å². The van der Waals surface area contributed by atoms with Crippen LogP contribution in [0, 0.1) is 23.3 Å². The third-order valence-corrected chi connectivity index (χ3v) is 2.93. The quantitative estimate of drug-likeness (QED) is 0.627. The lowest BCUT2D eigenvalue weighted by atomic mass is 10.1. The number of carbonyl (C=O) groups excluding carboxylic acids is 1. The lowest BCUT2D eigenvalue weighted by molar-refractivity contribution is -0.143. The van der Waals surface area contributed by atoms with Gasteiger partial charge in [-0.15, -0.1) is 0 Å². The largest absolute Gasteiger partial charge is 0.507 e. The maximum absolute atomic E-state index is 13.7. The zero-order valence-corrected chi connectivity index (χ0v) is 11.3. The number of hydrogen-bond donors (Lipinski definition) is 2. The van der Waals surface area contributed by atoms with E-state index in [0.29, 0.717) is 0 Å². The second kappa shape index (κ2) is 6.02. The molecule has 128 valence electrons. The minimum Gasteiger partial charge on any atom is -0.507 e. The van der Waals surface area contributed by atoms with Gasteiger partial charge in [0.05, 0.1) is 5.56 Å². The fourth-order valence-electron chi connectivity index (χ4n) is 1.84. The van der Waals surface area contributed by atoms with Crippen LogP contribution in [-0.4, -0.2) is 11.0 Å². The summed E-state index contributed by atoms with van der Waals surface area (Å²) in [6.45, 7) is 0. The highest BCUT2D eigenvalue weighted by Gasteiger charge is 2.42. The molecule has 2 rings (SSSR count). The van der Waals surface area contributed by atoms with Crippen LogP contribution >= 0.6 is 0 Å². The van der Waals surface area contributed by atoms with E-state index >= 15 is 0 Å². The molecule has 0 bridgehead atoms. The smallest absolute Gasteiger partial charge is 0.422 e. The number of nitrogens with one attached hydrogen (secondary N) is 1. The molecule has 0 saturated heterocycles. The number of phenolic OH excluding ortho intramolecular Hbond substituents is 1. The summed E-state index contributed by atoms with van der Waals surface area (Å²) in [5, 5.41) is 10.8. The molecular formula is C14H6F7NO2. The summed E-state index contributed by atoms with van der Waals surface area (Å²) in [7, 11) is 0. The molecule has 2 N–H and O–H groups in total. The highest BCUT2D eigenvalue weighted by molar-refractivity contribution is 6.06. The first-order valence-electron chi connectivity index (χ1n) is 6.08. The van der Waals surface area contributed by atoms with Gasteiger partial charge in [-0.25, -0.2) is 17.6 Å². The number of benzene rings is 2. The van der Waals surface area contributed by atoms with Crippen molar-refractivity contribution in [2.75, 3.05) is 5.32 Å². The molecule has 10 heteroatoms. The van der Waals surface area contributed by atoms with E-state index in [1.54, 1.807) is 0 Å². The van der Waals surface area contributed by atoms with Crippen molar-refractivity contribution in [1.82, 2.24) is 0 Å². The van der Waals surface area contributed by atoms with Gasteiger partial charge in [0, 0.05) is 0 Å². The molecule has 2 aromatic rings. The second-order valence-electron chi connectivity index (χ2n) is 4.47. The number of amides is 1. The van der Waals surface area contributed by atoms with Crippen LogP contribution in [0.4, 0.5) is 36.4 Å². The van der Waals surface area contributed by atoms with Gasteiger partial charge >= 0.3 is 6.18 Å². The van der Waals surface area contributed by atoms with E-state index in [1.165, 1.54) is 17.4 Å². The molecule has 0 aliphatic rings. The first kappa shape index (κ1) is 17.6. The minimum absolute atomic E-state index is 0.517. The van der Waals surface area contributed by atoms with E-state index in [2.05, 4.69) is 0 Å². The Morgan fingerprint density at radius 1 is 0.917 bits per heavy atom. The van der Waals surface area contributed by atoms with Crippen LogP contribution in [0.15, 0.2) is 24.3 Å². The van der Waals surface area contributed by atoms with Gasteiger partial charge in [-0.2, -0.15) is 13.2 Å². The number of aromatic hydroxyl groups is 1. The molecule has 1 amide bonds. The number of carbonyl (C=O) groups is 1. The molecule has 0 aliphatic heterocycles. The predicted octanol–water partition coefficient (Wildman–Crippen LogP) is 4.22. The molecule has 0 radical (unpaired) electrons. The van der Waals surface area contributed by atoms with E-state index in [-0.39, 0.29) is 0 Å². The van der Waals surface area contributed by atoms with Crippen molar-refractivity contribution in [2.45, 2.75) is 6.18 Å². The molecule has 0 atom stereocenters. The van der Waals surface area contributed by atoms with Gasteiger partial charge in [0.2, 0.25) is 0 Å². The fraction of sp³-hybridized carbons (Fsp3) is 0.0714. The lowest BCUT2D eigenvalue weighted by Gasteiger charge is -2.14. The number of phenols is 1. The van der Waals surface area contributed by atoms with Crippen molar-refractivity contribution in [3.63, 3.8) is 0 Å². The topological polar surface area (TPSA) is 49.3 Å². The summed E-state index contributed by atoms with van der Waals surface area (Å²) in [5.41, 5.74) is -5.01. The first-order valence-corrected chi connectivity index (χ1v) is 6.08. The maximum Gasteiger partial charge on any atom is 0.422 e. The molecule has 0 saturated carbocycles. The molecule has 0 aliphatic carbocycles. The summed E-state index contributed by atoms with van der Waals surface area (Å²) in [6.07, 6.45) is -5.68. The number of hydrogen-bond acceptors (Lipinski definition) is 2. The van der Waals surface area contributed by atoms with Crippen molar-refractivity contribution in [2.24, 2.45) is 0 Å². The van der Waals surface area contributed by atoms with Crippen LogP contribution in [-0.2, 0) is 6.18 Å². The molecular weight excluding hydrogens is 347 g/mol. The van der Waals surface area contributed by atoms with Gasteiger partial charge < -0.3 is 10.4 Å². The van der Waals surface area contributed by atoms with Crippen molar-refractivity contribution >= 4 is 11.6 Å². The molecule has 0 spiro atoms. The van der Waals surface area contributed by atoms with E-state index in [9.17, 15) is 40.6 Å². The number of alkyl halides is 3. The third kappa shape index (κ3) is 2.99. The Balaban J connectivity index is 2.53. The Morgan fingerprint density at radius 2 is 1.42 bits per heavy atom. The summed E-state index contributed by atoms with van der Waals surface area (Å²) < 4.78 is 91.5. The molecule has 0 unspecified atom stereocenters. The molecule has 24 heavy (non-hydrogen) atoms. The average Bonchev–Trinajstić information content (AvgIpc) is 2.48. The average molecular weight is 353 g/mol. The normalized spacial score (nSPS) is 11.5. The number of halogens is 7. The lowest BCUT2D eigenvalue weighted by Crippen LogP contribution is -2.20. The summed E-state index contributed by atoms with van der Waals surface area (Å²) in [5.74, 6) is -12.3. The van der Waals surface area contributed by atoms with E-state index in [0.717, 1.165) is 12.1 Å².